The van der Waals surface area contributed by atoms with Gasteiger partial charge < -0.3 is 10.6 Å². The quantitative estimate of drug-likeness (QED) is 0.887. The Kier molecular flexibility index (Phi) is 4.89. The number of carbonyl (C=O) groups is 2. The van der Waals surface area contributed by atoms with E-state index in [0.29, 0.717) is 5.02 Å². The van der Waals surface area contributed by atoms with Crippen LogP contribution in [0.3, 0.4) is 0 Å². The summed E-state index contributed by atoms with van der Waals surface area (Å²) in [5, 5.41) is 5.57. The first-order valence-corrected chi connectivity index (χ1v) is 6.28. The minimum absolute atomic E-state index is 0.0969. The molecule has 0 saturated carbocycles. The van der Waals surface area contributed by atoms with Crippen molar-refractivity contribution < 1.29 is 9.59 Å². The highest BCUT2D eigenvalue weighted by molar-refractivity contribution is 6.33. The SMILES string of the molecule is Cc1cc(Cl)c(C(=O)NCC(=O)NC(C)(C)C)cn1. The molecule has 1 aromatic rings. The molecule has 0 aliphatic rings. The van der Waals surface area contributed by atoms with E-state index in [1.165, 1.54) is 6.20 Å². The van der Waals surface area contributed by atoms with Crippen molar-refractivity contribution in [3.05, 3.63) is 28.5 Å². The average molecular weight is 284 g/mol. The number of nitrogens with zero attached hydrogens (tertiary/aromatic N) is 1. The molecular weight excluding hydrogens is 266 g/mol. The first kappa shape index (κ1) is 15.4. The molecule has 19 heavy (non-hydrogen) atoms. The third-order valence-corrected chi connectivity index (χ3v) is 2.47. The van der Waals surface area contributed by atoms with Crippen molar-refractivity contribution in [2.24, 2.45) is 0 Å². The van der Waals surface area contributed by atoms with E-state index in [0.717, 1.165) is 5.69 Å². The molecule has 1 aromatic heterocycles. The minimum Gasteiger partial charge on any atom is -0.350 e. The number of aromatic nitrogens is 1. The van der Waals surface area contributed by atoms with E-state index in [1.807, 2.05) is 20.8 Å². The molecule has 0 radical (unpaired) electrons. The molecule has 6 heteroatoms. The van der Waals surface area contributed by atoms with Gasteiger partial charge in [-0.25, -0.2) is 0 Å². The number of carbonyl (C=O) groups excluding carboxylic acids is 2. The van der Waals surface area contributed by atoms with Crippen molar-refractivity contribution >= 4 is 23.4 Å². The summed E-state index contributed by atoms with van der Waals surface area (Å²) in [5.41, 5.74) is 0.660. The molecule has 5 nitrogen and oxygen atoms in total. The second-order valence-corrected chi connectivity index (χ2v) is 5.69. The van der Waals surface area contributed by atoms with Crippen molar-refractivity contribution in [1.82, 2.24) is 15.6 Å². The van der Waals surface area contributed by atoms with E-state index in [9.17, 15) is 9.59 Å². The van der Waals surface area contributed by atoms with Crippen LogP contribution in [0.25, 0.3) is 0 Å². The first-order valence-electron chi connectivity index (χ1n) is 5.90. The van der Waals surface area contributed by atoms with Crippen LogP contribution < -0.4 is 10.6 Å². The molecule has 1 heterocycles. The summed E-state index contributed by atoms with van der Waals surface area (Å²) in [6.07, 6.45) is 1.40. The number of nitrogens with one attached hydrogen (secondary N) is 2. The maximum atomic E-state index is 11.8. The van der Waals surface area contributed by atoms with Crippen LogP contribution in [0.1, 0.15) is 36.8 Å². The Hall–Kier alpha value is -1.62. The van der Waals surface area contributed by atoms with Gasteiger partial charge in [-0.05, 0) is 33.8 Å². The van der Waals surface area contributed by atoms with Crippen LogP contribution >= 0.6 is 11.6 Å². The molecule has 0 spiro atoms. The Morgan fingerprint density at radius 3 is 2.53 bits per heavy atom. The summed E-state index contributed by atoms with van der Waals surface area (Å²) in [5.74, 6) is -0.668. The number of halogens is 1. The molecule has 104 valence electrons. The molecule has 2 N–H and O–H groups in total. The molecule has 0 unspecified atom stereocenters. The number of pyridine rings is 1. The smallest absolute Gasteiger partial charge is 0.254 e. The highest BCUT2D eigenvalue weighted by atomic mass is 35.5. The van der Waals surface area contributed by atoms with Crippen LogP contribution in [0.15, 0.2) is 12.3 Å². The zero-order chi connectivity index (χ0) is 14.6. The lowest BCUT2D eigenvalue weighted by Gasteiger charge is -2.20. The van der Waals surface area contributed by atoms with Crippen LogP contribution in [0, 0.1) is 6.92 Å². The van der Waals surface area contributed by atoms with Gasteiger partial charge in [0.05, 0.1) is 17.1 Å². The van der Waals surface area contributed by atoms with Gasteiger partial charge in [-0.15, -0.1) is 0 Å². The van der Waals surface area contributed by atoms with Gasteiger partial charge in [0.25, 0.3) is 5.91 Å². The summed E-state index contributed by atoms with van der Waals surface area (Å²) >= 11 is 5.94. The number of aryl methyl sites for hydroxylation is 1. The van der Waals surface area contributed by atoms with Crippen molar-refractivity contribution in [3.8, 4) is 0 Å². The fourth-order valence-corrected chi connectivity index (χ4v) is 1.70. The Morgan fingerprint density at radius 2 is 2.00 bits per heavy atom. The van der Waals surface area contributed by atoms with Crippen molar-refractivity contribution in [3.63, 3.8) is 0 Å². The maximum absolute atomic E-state index is 11.8. The summed E-state index contributed by atoms with van der Waals surface area (Å²) < 4.78 is 0. The van der Waals surface area contributed by atoms with E-state index in [-0.39, 0.29) is 23.6 Å². The lowest BCUT2D eigenvalue weighted by Crippen LogP contribution is -2.45. The summed E-state index contributed by atoms with van der Waals surface area (Å²) in [4.78, 5) is 27.4. The topological polar surface area (TPSA) is 71.1 Å². The van der Waals surface area contributed by atoms with Crippen LogP contribution in [0.4, 0.5) is 0 Å². The number of hydrogen-bond acceptors (Lipinski definition) is 3. The van der Waals surface area contributed by atoms with Gasteiger partial charge in [0.1, 0.15) is 0 Å². The lowest BCUT2D eigenvalue weighted by molar-refractivity contribution is -0.121. The Bertz CT molecular complexity index is 495. The second kappa shape index (κ2) is 6.02. The largest absolute Gasteiger partial charge is 0.350 e. The molecule has 0 aliphatic carbocycles. The molecule has 0 bridgehead atoms. The van der Waals surface area contributed by atoms with Crippen LogP contribution in [0.2, 0.25) is 5.02 Å². The van der Waals surface area contributed by atoms with Crippen LogP contribution in [0.5, 0.6) is 0 Å². The molecule has 0 saturated heterocycles. The third-order valence-electron chi connectivity index (χ3n) is 2.16. The monoisotopic (exact) mass is 283 g/mol. The van der Waals surface area contributed by atoms with Crippen molar-refractivity contribution in [2.75, 3.05) is 6.54 Å². The number of hydrogen-bond donors (Lipinski definition) is 2. The predicted octanol–water partition coefficient (Wildman–Crippen LogP) is 1.69. The van der Waals surface area contributed by atoms with Gasteiger partial charge in [-0.2, -0.15) is 0 Å². The minimum atomic E-state index is -0.415. The third kappa shape index (κ3) is 5.26. The summed E-state index contributed by atoms with van der Waals surface area (Å²) in [6, 6.07) is 1.60. The Labute approximate surface area is 117 Å². The zero-order valence-corrected chi connectivity index (χ0v) is 12.3. The fraction of sp³-hybridized carbons (Fsp3) is 0.462. The zero-order valence-electron chi connectivity index (χ0n) is 11.5. The summed E-state index contributed by atoms with van der Waals surface area (Å²) in [7, 11) is 0. The Morgan fingerprint density at radius 1 is 1.37 bits per heavy atom. The standard InChI is InChI=1S/C13H18ClN3O2/c1-8-5-10(14)9(6-15-8)12(19)16-7-11(18)17-13(2,3)4/h5-6H,7H2,1-4H3,(H,16,19)(H,17,18). The van der Waals surface area contributed by atoms with Crippen molar-refractivity contribution in [2.45, 2.75) is 33.2 Å². The molecule has 2 amide bonds. The molecule has 0 atom stereocenters. The van der Waals surface area contributed by atoms with Gasteiger partial charge >= 0.3 is 0 Å². The van der Waals surface area contributed by atoms with Crippen molar-refractivity contribution in [1.29, 1.82) is 0 Å². The fourth-order valence-electron chi connectivity index (χ4n) is 1.41. The number of amides is 2. The highest BCUT2D eigenvalue weighted by Gasteiger charge is 2.16. The maximum Gasteiger partial charge on any atom is 0.254 e. The normalized spacial score (nSPS) is 11.0. The van der Waals surface area contributed by atoms with Crippen LogP contribution in [-0.4, -0.2) is 28.9 Å². The molecular formula is C13H18ClN3O2. The van der Waals surface area contributed by atoms with E-state index in [1.54, 1.807) is 13.0 Å². The first-order chi connectivity index (χ1) is 8.69. The van der Waals surface area contributed by atoms with Gasteiger partial charge in [0.2, 0.25) is 5.91 Å². The predicted molar refractivity (Wildman–Crippen MR) is 74.2 cm³/mol. The molecule has 0 fully saturated rings. The van der Waals surface area contributed by atoms with Gasteiger partial charge in [0, 0.05) is 17.4 Å². The molecule has 1 rings (SSSR count). The number of rotatable bonds is 3. The Balaban J connectivity index is 2.59. The van der Waals surface area contributed by atoms with E-state index < -0.39 is 5.91 Å². The lowest BCUT2D eigenvalue weighted by atomic mass is 10.1. The highest BCUT2D eigenvalue weighted by Crippen LogP contribution is 2.15. The average Bonchev–Trinajstić information content (AvgIpc) is 2.23. The van der Waals surface area contributed by atoms with Gasteiger partial charge in [0.15, 0.2) is 0 Å². The van der Waals surface area contributed by atoms with E-state index in [4.69, 9.17) is 11.6 Å². The summed E-state index contributed by atoms with van der Waals surface area (Å²) in [6.45, 7) is 7.29. The second-order valence-electron chi connectivity index (χ2n) is 5.29. The van der Waals surface area contributed by atoms with Gasteiger partial charge in [-0.3, -0.25) is 14.6 Å². The van der Waals surface area contributed by atoms with E-state index >= 15 is 0 Å². The van der Waals surface area contributed by atoms with Crippen LogP contribution in [-0.2, 0) is 4.79 Å². The molecule has 0 aliphatic heterocycles. The van der Waals surface area contributed by atoms with E-state index in [2.05, 4.69) is 15.6 Å². The van der Waals surface area contributed by atoms with Gasteiger partial charge in [-0.1, -0.05) is 11.6 Å². The molecule has 0 aromatic carbocycles.